The van der Waals surface area contributed by atoms with Crippen molar-refractivity contribution in [3.05, 3.63) is 65.2 Å². The molecule has 0 saturated carbocycles. The summed E-state index contributed by atoms with van der Waals surface area (Å²) in [6, 6.07) is 16.9. The molecule has 0 aliphatic carbocycles. The number of fused-ring (bicyclic) bond motifs is 1. The highest BCUT2D eigenvalue weighted by atomic mass is 127. The second-order valence-corrected chi connectivity index (χ2v) is 7.45. The number of rotatable bonds is 4. The van der Waals surface area contributed by atoms with Gasteiger partial charge in [-0.3, -0.25) is 9.89 Å². The highest BCUT2D eigenvalue weighted by Crippen LogP contribution is 2.25. The lowest BCUT2D eigenvalue weighted by molar-refractivity contribution is 0.112. The number of hydrogen-bond acceptors (Lipinski definition) is 2. The molecular weight excluding hydrogens is 435 g/mol. The highest BCUT2D eigenvalue weighted by Gasteiger charge is 2.29. The van der Waals surface area contributed by atoms with Crippen molar-refractivity contribution in [2.75, 3.05) is 18.4 Å². The van der Waals surface area contributed by atoms with Crippen LogP contribution >= 0.6 is 24.0 Å². The van der Waals surface area contributed by atoms with Gasteiger partial charge >= 0.3 is 0 Å². The SMILES string of the molecule is Cc1cccc(NC(N)=NCC(C)(C)N2CCc3ccccc3C2)c1.I. The van der Waals surface area contributed by atoms with E-state index in [2.05, 4.69) is 72.4 Å². The van der Waals surface area contributed by atoms with E-state index in [-0.39, 0.29) is 29.5 Å². The van der Waals surface area contributed by atoms with Gasteiger partial charge in [-0.15, -0.1) is 24.0 Å². The van der Waals surface area contributed by atoms with Gasteiger partial charge in [-0.1, -0.05) is 36.4 Å². The number of nitrogens with zero attached hydrogens (tertiary/aromatic N) is 2. The minimum atomic E-state index is -0.0353. The van der Waals surface area contributed by atoms with Crippen molar-refractivity contribution in [2.24, 2.45) is 10.7 Å². The number of halogens is 1. The fourth-order valence-electron chi connectivity index (χ4n) is 3.30. The molecule has 1 heterocycles. The van der Waals surface area contributed by atoms with Crippen LogP contribution in [0.1, 0.15) is 30.5 Å². The van der Waals surface area contributed by atoms with Crippen molar-refractivity contribution in [1.82, 2.24) is 4.90 Å². The molecule has 0 spiro atoms. The zero-order chi connectivity index (χ0) is 17.9. The highest BCUT2D eigenvalue weighted by molar-refractivity contribution is 14.0. The van der Waals surface area contributed by atoms with Crippen LogP contribution in [0.15, 0.2) is 53.5 Å². The smallest absolute Gasteiger partial charge is 0.193 e. The van der Waals surface area contributed by atoms with Crippen LogP contribution in [-0.2, 0) is 13.0 Å². The maximum absolute atomic E-state index is 6.09. The van der Waals surface area contributed by atoms with Gasteiger partial charge in [0.15, 0.2) is 5.96 Å². The lowest BCUT2D eigenvalue weighted by Gasteiger charge is -2.40. The number of benzene rings is 2. The van der Waals surface area contributed by atoms with Gasteiger partial charge in [0.25, 0.3) is 0 Å². The van der Waals surface area contributed by atoms with Crippen molar-refractivity contribution in [1.29, 1.82) is 0 Å². The summed E-state index contributed by atoms with van der Waals surface area (Å²) in [6.07, 6.45) is 1.10. The van der Waals surface area contributed by atoms with Gasteiger partial charge in [0.05, 0.1) is 6.54 Å². The number of anilines is 1. The second kappa shape index (κ2) is 8.86. The van der Waals surface area contributed by atoms with Crippen LogP contribution in [0.5, 0.6) is 0 Å². The number of hydrogen-bond donors (Lipinski definition) is 2. The number of nitrogens with two attached hydrogens (primary N) is 1. The molecule has 0 bridgehead atoms. The number of aryl methyl sites for hydroxylation is 1. The Hall–Kier alpha value is -1.60. The van der Waals surface area contributed by atoms with Crippen LogP contribution in [0.3, 0.4) is 0 Å². The first-order valence-corrected chi connectivity index (χ1v) is 8.89. The van der Waals surface area contributed by atoms with E-state index in [1.54, 1.807) is 0 Å². The summed E-state index contributed by atoms with van der Waals surface area (Å²) >= 11 is 0. The number of guanidine groups is 1. The summed E-state index contributed by atoms with van der Waals surface area (Å²) in [5, 5.41) is 3.18. The molecule has 0 atom stereocenters. The van der Waals surface area contributed by atoms with Crippen molar-refractivity contribution in [2.45, 2.75) is 39.3 Å². The van der Waals surface area contributed by atoms with Gasteiger partial charge in [0, 0.05) is 24.3 Å². The van der Waals surface area contributed by atoms with Gasteiger partial charge in [-0.2, -0.15) is 0 Å². The molecule has 0 radical (unpaired) electrons. The molecule has 1 aliphatic heterocycles. The minimum absolute atomic E-state index is 0. The van der Waals surface area contributed by atoms with Crippen LogP contribution < -0.4 is 11.1 Å². The monoisotopic (exact) mass is 464 g/mol. The van der Waals surface area contributed by atoms with E-state index in [1.165, 1.54) is 16.7 Å². The standard InChI is InChI=1S/C21H28N4.HI/c1-16-7-6-10-19(13-16)24-20(22)23-15-21(2,3)25-12-11-17-8-4-5-9-18(17)14-25;/h4-10,13H,11-12,14-15H2,1-3H3,(H3,22,23,24);1H. The lowest BCUT2D eigenvalue weighted by atomic mass is 9.94. The van der Waals surface area contributed by atoms with Crippen LogP contribution in [0.4, 0.5) is 5.69 Å². The Kier molecular flexibility index (Phi) is 7.06. The molecule has 4 nitrogen and oxygen atoms in total. The molecule has 26 heavy (non-hydrogen) atoms. The Morgan fingerprint density at radius 3 is 2.62 bits per heavy atom. The second-order valence-electron chi connectivity index (χ2n) is 7.45. The molecule has 0 amide bonds. The third kappa shape index (κ3) is 5.20. The molecule has 0 saturated heterocycles. The van der Waals surface area contributed by atoms with Gasteiger partial charge in [-0.05, 0) is 56.0 Å². The van der Waals surface area contributed by atoms with E-state index in [1.807, 2.05) is 12.1 Å². The summed E-state index contributed by atoms with van der Waals surface area (Å²) in [5.74, 6) is 0.469. The Labute approximate surface area is 173 Å². The maximum Gasteiger partial charge on any atom is 0.193 e. The van der Waals surface area contributed by atoms with Crippen molar-refractivity contribution < 1.29 is 0 Å². The Morgan fingerprint density at radius 1 is 1.15 bits per heavy atom. The lowest BCUT2D eigenvalue weighted by Crippen LogP contribution is -2.49. The fourth-order valence-corrected chi connectivity index (χ4v) is 3.30. The molecule has 5 heteroatoms. The van der Waals surface area contributed by atoms with Crippen molar-refractivity contribution >= 4 is 35.6 Å². The Morgan fingerprint density at radius 2 is 1.88 bits per heavy atom. The number of nitrogens with one attached hydrogen (secondary N) is 1. The molecule has 0 fully saturated rings. The average molecular weight is 464 g/mol. The summed E-state index contributed by atoms with van der Waals surface area (Å²) in [4.78, 5) is 7.09. The van der Waals surface area contributed by atoms with Crippen molar-refractivity contribution in [3.63, 3.8) is 0 Å². The Balaban J connectivity index is 0.00000243. The molecular formula is C21H29IN4. The first-order chi connectivity index (χ1) is 11.9. The van der Waals surface area contributed by atoms with Crippen LogP contribution in [0.25, 0.3) is 0 Å². The zero-order valence-corrected chi connectivity index (χ0v) is 18.2. The molecule has 140 valence electrons. The zero-order valence-electron chi connectivity index (χ0n) is 15.8. The predicted octanol–water partition coefficient (Wildman–Crippen LogP) is 4.18. The van der Waals surface area contributed by atoms with Gasteiger partial charge in [0.2, 0.25) is 0 Å². The molecule has 3 rings (SSSR count). The van der Waals surface area contributed by atoms with Crippen LogP contribution in [0.2, 0.25) is 0 Å². The topological polar surface area (TPSA) is 53.6 Å². The number of aliphatic imine (C=N–C) groups is 1. The van der Waals surface area contributed by atoms with E-state index in [9.17, 15) is 0 Å². The molecule has 2 aromatic carbocycles. The molecule has 1 aliphatic rings. The summed E-state index contributed by atoms with van der Waals surface area (Å²) in [6.45, 7) is 9.25. The Bertz CT molecular complexity index is 770. The van der Waals surface area contributed by atoms with E-state index >= 15 is 0 Å². The van der Waals surface area contributed by atoms with Crippen LogP contribution in [-0.4, -0.2) is 29.5 Å². The van der Waals surface area contributed by atoms with Gasteiger partial charge < -0.3 is 11.1 Å². The van der Waals surface area contributed by atoms with Crippen LogP contribution in [0, 0.1) is 6.92 Å². The first kappa shape index (κ1) is 20.7. The van der Waals surface area contributed by atoms with E-state index in [0.717, 1.165) is 25.2 Å². The average Bonchev–Trinajstić information content (AvgIpc) is 2.60. The molecule has 0 unspecified atom stereocenters. The van der Waals surface area contributed by atoms with E-state index in [4.69, 9.17) is 5.73 Å². The fraction of sp³-hybridized carbons (Fsp3) is 0.381. The first-order valence-electron chi connectivity index (χ1n) is 8.89. The quantitative estimate of drug-likeness (QED) is 0.406. The molecule has 0 aromatic heterocycles. The van der Waals surface area contributed by atoms with Crippen molar-refractivity contribution in [3.8, 4) is 0 Å². The summed E-state index contributed by atoms with van der Waals surface area (Å²) in [7, 11) is 0. The summed E-state index contributed by atoms with van der Waals surface area (Å²) < 4.78 is 0. The third-order valence-corrected chi connectivity index (χ3v) is 4.91. The van der Waals surface area contributed by atoms with E-state index in [0.29, 0.717) is 12.5 Å². The van der Waals surface area contributed by atoms with Gasteiger partial charge in [-0.25, -0.2) is 0 Å². The molecule has 3 N–H and O–H groups in total. The minimum Gasteiger partial charge on any atom is -0.370 e. The third-order valence-electron chi connectivity index (χ3n) is 4.91. The predicted molar refractivity (Wildman–Crippen MR) is 121 cm³/mol. The molecule has 2 aromatic rings. The van der Waals surface area contributed by atoms with E-state index < -0.39 is 0 Å². The largest absolute Gasteiger partial charge is 0.370 e. The van der Waals surface area contributed by atoms with Gasteiger partial charge in [0.1, 0.15) is 0 Å². The summed E-state index contributed by atoms with van der Waals surface area (Å²) in [5.41, 5.74) is 11.1. The maximum atomic E-state index is 6.09. The normalized spacial score (nSPS) is 15.1.